The van der Waals surface area contributed by atoms with Crippen LogP contribution in [0.2, 0.25) is 0 Å². The number of hydrogen-bond acceptors (Lipinski definition) is 4. The van der Waals surface area contributed by atoms with Crippen molar-refractivity contribution < 1.29 is 9.90 Å². The van der Waals surface area contributed by atoms with E-state index in [0.717, 1.165) is 16.4 Å². The summed E-state index contributed by atoms with van der Waals surface area (Å²) in [6, 6.07) is 0. The normalized spacial score (nSPS) is 24.4. The molecule has 1 saturated heterocycles. The molecule has 1 heterocycles. The van der Waals surface area contributed by atoms with Gasteiger partial charge in [-0.25, -0.2) is 4.79 Å². The van der Waals surface area contributed by atoms with Gasteiger partial charge in [0, 0.05) is 0 Å². The molecule has 42 valence electrons. The quantitative estimate of drug-likeness (QED) is 0.312. The van der Waals surface area contributed by atoms with Crippen LogP contribution in [0, 0.1) is 5.39 Å². The second-order valence-corrected chi connectivity index (χ2v) is 2.22. The first kappa shape index (κ1) is 5.18. The lowest BCUT2D eigenvalue weighted by Gasteiger charge is -1.70. The van der Waals surface area contributed by atoms with Crippen molar-refractivity contribution in [2.75, 3.05) is 0 Å². The summed E-state index contributed by atoms with van der Waals surface area (Å²) in [5, 5.41) is 18.0. The van der Waals surface area contributed by atoms with Crippen molar-refractivity contribution in [1.29, 1.82) is 5.39 Å². The Morgan fingerprint density at radius 2 is 2.62 bits per heavy atom. The molecule has 0 aliphatic carbocycles. The van der Waals surface area contributed by atoms with E-state index in [0.29, 0.717) is 0 Å². The summed E-state index contributed by atoms with van der Waals surface area (Å²) < 4.78 is 0.988. The highest BCUT2D eigenvalue weighted by molar-refractivity contribution is 8.04. The van der Waals surface area contributed by atoms with Crippen LogP contribution < -0.4 is 0 Å². The van der Waals surface area contributed by atoms with Gasteiger partial charge in [-0.3, -0.25) is 0 Å². The van der Waals surface area contributed by atoms with E-state index in [-0.39, 0.29) is 0 Å². The van der Waals surface area contributed by atoms with E-state index >= 15 is 0 Å². The van der Waals surface area contributed by atoms with Crippen molar-refractivity contribution >= 4 is 17.9 Å². The lowest BCUT2D eigenvalue weighted by atomic mass is 10.7. The number of hydrogen-bond donors (Lipinski definition) is 1. The average Bonchev–Trinajstić information content (AvgIpc) is 2.42. The van der Waals surface area contributed by atoms with E-state index in [1.165, 1.54) is 0 Å². The van der Waals surface area contributed by atoms with E-state index < -0.39 is 11.3 Å². The minimum atomic E-state index is -0.979. The summed E-state index contributed by atoms with van der Waals surface area (Å²) in [6.07, 6.45) is 0. The molecule has 1 fully saturated rings. The molecule has 1 aliphatic rings. The second-order valence-electron chi connectivity index (χ2n) is 1.19. The first-order valence-electron chi connectivity index (χ1n) is 1.79. The fourth-order valence-electron chi connectivity index (χ4n) is 0.283. The van der Waals surface area contributed by atoms with Crippen LogP contribution in [0.4, 0.5) is 0 Å². The van der Waals surface area contributed by atoms with Crippen LogP contribution in [0.5, 0.6) is 0 Å². The number of diazo groups is 1. The molecule has 1 aliphatic heterocycles. The van der Waals surface area contributed by atoms with Gasteiger partial charge in [-0.2, -0.15) is 0 Å². The van der Waals surface area contributed by atoms with Crippen molar-refractivity contribution in [2.45, 2.75) is 5.37 Å². The average molecular weight is 132 g/mol. The van der Waals surface area contributed by atoms with Crippen LogP contribution in [0.1, 0.15) is 0 Å². The van der Waals surface area contributed by atoms with Crippen molar-refractivity contribution in [1.82, 2.24) is 4.41 Å². The third kappa shape index (κ3) is 0.675. The molecule has 0 saturated carbocycles. The molecule has 0 aromatic rings. The maximum Gasteiger partial charge on any atom is 0.347 e. The zero-order valence-electron chi connectivity index (χ0n) is 3.68. The molecule has 0 bridgehead atoms. The topological polar surface area (TPSA) is 68.5 Å². The standard InChI is InChI=1S/C2HN3O2S/c3-4-5-1(8-5)2(6)7/h1H/p+1/t1-,5?/m0/s1. The van der Waals surface area contributed by atoms with Gasteiger partial charge in [-0.15, -0.1) is 0 Å². The number of carboxylic acid groups (broad SMARTS) is 1. The Hall–Kier alpha value is -0.960. The maximum absolute atomic E-state index is 9.90. The number of carbonyl (C=O) groups is 1. The largest absolute Gasteiger partial charge is 0.479 e. The third-order valence-corrected chi connectivity index (χ3v) is 1.55. The predicted octanol–water partition coefficient (Wildman–Crippen LogP) is 0.129. The van der Waals surface area contributed by atoms with Gasteiger partial charge in [-0.1, -0.05) is 0 Å². The van der Waals surface area contributed by atoms with E-state index in [4.69, 9.17) is 10.5 Å². The molecule has 0 unspecified atom stereocenters. The highest BCUT2D eigenvalue weighted by Crippen LogP contribution is 2.39. The number of carboxylic acids is 1. The summed E-state index contributed by atoms with van der Waals surface area (Å²) in [7, 11) is 0. The number of nitrogens with zero attached hydrogens (tertiary/aromatic N) is 3. The first-order chi connectivity index (χ1) is 3.75. The number of aliphatic carboxylic acids is 1. The Morgan fingerprint density at radius 1 is 2.00 bits per heavy atom. The van der Waals surface area contributed by atoms with Crippen LogP contribution in [-0.2, 0) is 4.79 Å². The van der Waals surface area contributed by atoms with Crippen molar-refractivity contribution in [2.24, 2.45) is 0 Å². The highest BCUT2D eigenvalue weighted by Gasteiger charge is 2.54. The van der Waals surface area contributed by atoms with Crippen LogP contribution in [0.15, 0.2) is 0 Å². The molecular weight excluding hydrogens is 130 g/mol. The zero-order chi connectivity index (χ0) is 6.15. The van der Waals surface area contributed by atoms with Crippen LogP contribution >= 0.6 is 11.9 Å². The van der Waals surface area contributed by atoms with Crippen LogP contribution in [0.25, 0.3) is 5.08 Å². The first-order valence-corrected chi connectivity index (χ1v) is 2.63. The van der Waals surface area contributed by atoms with E-state index in [2.05, 4.69) is 5.08 Å². The van der Waals surface area contributed by atoms with E-state index in [9.17, 15) is 4.79 Å². The van der Waals surface area contributed by atoms with Crippen molar-refractivity contribution in [3.05, 3.63) is 5.08 Å². The van der Waals surface area contributed by atoms with Gasteiger partial charge in [0.05, 0.1) is 16.4 Å². The van der Waals surface area contributed by atoms with E-state index in [1.54, 1.807) is 0 Å². The fourth-order valence-corrected chi connectivity index (χ4v) is 0.697. The van der Waals surface area contributed by atoms with Gasteiger partial charge >= 0.3 is 11.1 Å². The maximum atomic E-state index is 9.90. The molecule has 0 aromatic heterocycles. The Bertz CT molecular complexity index is 163. The molecule has 6 heteroatoms. The Kier molecular flexibility index (Phi) is 0.986. The molecule has 0 radical (unpaired) electrons. The Morgan fingerprint density at radius 3 is 2.75 bits per heavy atom. The molecule has 1 atom stereocenters. The molecule has 5 nitrogen and oxygen atoms in total. The third-order valence-electron chi connectivity index (χ3n) is 0.662. The molecular formula is C2H2N3O2S+. The van der Waals surface area contributed by atoms with Gasteiger partial charge in [-0.05, 0) is 0 Å². The Labute approximate surface area is 49.0 Å². The fraction of sp³-hybridized carbons (Fsp3) is 0.500. The Balaban J connectivity index is 2.40. The van der Waals surface area contributed by atoms with E-state index in [1.807, 2.05) is 0 Å². The van der Waals surface area contributed by atoms with Crippen molar-refractivity contribution in [3.63, 3.8) is 0 Å². The summed E-state index contributed by atoms with van der Waals surface area (Å²) in [5.41, 5.74) is 0. The smallest absolute Gasteiger partial charge is 0.347 e. The van der Waals surface area contributed by atoms with Crippen LogP contribution in [-0.4, -0.2) is 20.9 Å². The summed E-state index contributed by atoms with van der Waals surface area (Å²) in [4.78, 5) is 9.90. The molecule has 0 amide bonds. The predicted molar refractivity (Wildman–Crippen MR) is 25.9 cm³/mol. The number of rotatable bonds is 1. The molecule has 8 heavy (non-hydrogen) atoms. The lowest BCUT2D eigenvalue weighted by molar-refractivity contribution is -0.136. The lowest BCUT2D eigenvalue weighted by Crippen LogP contribution is -2.06. The minimum absolute atomic E-state index is 0.667. The van der Waals surface area contributed by atoms with Gasteiger partial charge in [0.1, 0.15) is 0 Å². The monoisotopic (exact) mass is 132 g/mol. The van der Waals surface area contributed by atoms with Gasteiger partial charge < -0.3 is 5.11 Å². The molecule has 0 aromatic carbocycles. The second kappa shape index (κ2) is 1.52. The van der Waals surface area contributed by atoms with Gasteiger partial charge in [0.2, 0.25) is 0 Å². The summed E-state index contributed by atoms with van der Waals surface area (Å²) in [6.45, 7) is 0. The SMILES string of the molecule is N#[N+]N1S[C@H]1C(=O)O. The molecule has 0 spiro atoms. The highest BCUT2D eigenvalue weighted by atomic mass is 32.2. The molecule has 1 rings (SSSR count). The summed E-state index contributed by atoms with van der Waals surface area (Å²) in [5.74, 6) is -0.979. The van der Waals surface area contributed by atoms with Gasteiger partial charge in [0.15, 0.2) is 0 Å². The zero-order valence-corrected chi connectivity index (χ0v) is 4.50. The minimum Gasteiger partial charge on any atom is -0.479 e. The van der Waals surface area contributed by atoms with Gasteiger partial charge in [0.25, 0.3) is 10.8 Å². The molecule has 1 N–H and O–H groups in total. The van der Waals surface area contributed by atoms with Crippen LogP contribution in [0.3, 0.4) is 0 Å². The van der Waals surface area contributed by atoms with Crippen molar-refractivity contribution in [3.8, 4) is 0 Å². The summed E-state index contributed by atoms with van der Waals surface area (Å²) >= 11 is 0.962.